The minimum Gasteiger partial charge on any atom is -0.454 e. The third-order valence-corrected chi connectivity index (χ3v) is 3.59. The van der Waals surface area contributed by atoms with Gasteiger partial charge in [0.2, 0.25) is 6.79 Å². The predicted molar refractivity (Wildman–Crippen MR) is 78.7 cm³/mol. The average molecular weight is 289 g/mol. The molecule has 1 unspecified atom stereocenters. The molecule has 0 aliphatic carbocycles. The summed E-state index contributed by atoms with van der Waals surface area (Å²) in [4.78, 5) is 6.26. The van der Waals surface area contributed by atoms with Gasteiger partial charge in [-0.1, -0.05) is 6.07 Å². The summed E-state index contributed by atoms with van der Waals surface area (Å²) in [6.07, 6.45) is 3.94. The highest BCUT2D eigenvalue weighted by Gasteiger charge is 2.17. The Bertz CT molecular complexity index is 584. The molecule has 1 aromatic heterocycles. The molecule has 2 heterocycles. The van der Waals surface area contributed by atoms with Gasteiger partial charge in [-0.15, -0.1) is 0 Å². The second kappa shape index (κ2) is 6.05. The first-order valence-electron chi connectivity index (χ1n) is 6.89. The van der Waals surface area contributed by atoms with Crippen molar-refractivity contribution in [3.63, 3.8) is 0 Å². The Balaban J connectivity index is 1.64. The van der Waals surface area contributed by atoms with Crippen molar-refractivity contribution in [2.45, 2.75) is 12.5 Å². The summed E-state index contributed by atoms with van der Waals surface area (Å²) in [6.45, 7) is 1.09. The van der Waals surface area contributed by atoms with Crippen LogP contribution < -0.4 is 14.8 Å². The Hall–Kier alpha value is -2.21. The van der Waals surface area contributed by atoms with E-state index in [2.05, 4.69) is 41.4 Å². The number of fused-ring (bicyclic) bond motifs is 1. The number of likely N-dealkylation sites (N-methyl/N-ethyl adjacent to an activating group) is 1. The first-order valence-corrected chi connectivity index (χ1v) is 6.89. The molecule has 112 valence electrons. The fourth-order valence-electron chi connectivity index (χ4n) is 2.30. The Kier molecular flexibility index (Phi) is 3.96. The molecule has 1 atom stereocenters. The van der Waals surface area contributed by atoms with E-state index in [0.717, 1.165) is 30.3 Å². The number of benzene rings is 1. The standard InChI is InChI=1S/C15H19N3O3/c1-18(2)12(7-16-15-8-19-9-17-15)5-11-3-4-13-14(6-11)21-10-20-13/h3-4,6,8-9,12,16H,5,7,10H2,1-2H3. The monoisotopic (exact) mass is 289 g/mol. The quantitative estimate of drug-likeness (QED) is 0.877. The Morgan fingerprint density at radius 2 is 2.14 bits per heavy atom. The van der Waals surface area contributed by atoms with Crippen molar-refractivity contribution in [3.8, 4) is 11.5 Å². The zero-order chi connectivity index (χ0) is 14.7. The van der Waals surface area contributed by atoms with E-state index < -0.39 is 0 Å². The zero-order valence-electron chi connectivity index (χ0n) is 12.2. The highest BCUT2D eigenvalue weighted by atomic mass is 16.7. The maximum atomic E-state index is 5.43. The smallest absolute Gasteiger partial charge is 0.231 e. The Morgan fingerprint density at radius 3 is 2.90 bits per heavy atom. The van der Waals surface area contributed by atoms with Gasteiger partial charge in [-0.25, -0.2) is 0 Å². The molecule has 1 aliphatic heterocycles. The van der Waals surface area contributed by atoms with E-state index in [1.807, 2.05) is 6.07 Å². The van der Waals surface area contributed by atoms with E-state index in [9.17, 15) is 0 Å². The molecule has 0 fully saturated rings. The van der Waals surface area contributed by atoms with E-state index >= 15 is 0 Å². The van der Waals surface area contributed by atoms with Crippen molar-refractivity contribution in [3.05, 3.63) is 36.4 Å². The lowest BCUT2D eigenvalue weighted by atomic mass is 10.0. The van der Waals surface area contributed by atoms with Crippen molar-refractivity contribution >= 4 is 5.82 Å². The van der Waals surface area contributed by atoms with Crippen LogP contribution in [0.2, 0.25) is 0 Å². The fraction of sp³-hybridized carbons (Fsp3) is 0.400. The first-order chi connectivity index (χ1) is 10.2. The molecular formula is C15H19N3O3. The van der Waals surface area contributed by atoms with Gasteiger partial charge in [0.15, 0.2) is 23.7 Å². The van der Waals surface area contributed by atoms with Crippen molar-refractivity contribution in [2.24, 2.45) is 0 Å². The molecule has 3 rings (SSSR count). The highest BCUT2D eigenvalue weighted by Crippen LogP contribution is 2.32. The third kappa shape index (κ3) is 3.28. The van der Waals surface area contributed by atoms with E-state index in [4.69, 9.17) is 13.9 Å². The zero-order valence-corrected chi connectivity index (χ0v) is 12.2. The molecule has 0 bridgehead atoms. The molecule has 0 spiro atoms. The topological polar surface area (TPSA) is 59.8 Å². The van der Waals surface area contributed by atoms with E-state index in [1.54, 1.807) is 6.26 Å². The minimum atomic E-state index is 0.309. The number of nitrogens with one attached hydrogen (secondary N) is 1. The lowest BCUT2D eigenvalue weighted by molar-refractivity contribution is 0.174. The van der Waals surface area contributed by atoms with E-state index in [1.165, 1.54) is 12.0 Å². The van der Waals surface area contributed by atoms with Crippen LogP contribution in [-0.4, -0.2) is 43.4 Å². The van der Waals surface area contributed by atoms with Crippen molar-refractivity contribution in [2.75, 3.05) is 32.7 Å². The van der Waals surface area contributed by atoms with Crippen LogP contribution in [0.3, 0.4) is 0 Å². The van der Waals surface area contributed by atoms with Gasteiger partial charge < -0.3 is 24.1 Å². The van der Waals surface area contributed by atoms with Gasteiger partial charge in [-0.3, -0.25) is 0 Å². The molecule has 21 heavy (non-hydrogen) atoms. The fourth-order valence-corrected chi connectivity index (χ4v) is 2.30. The summed E-state index contributed by atoms with van der Waals surface area (Å²) in [5.74, 6) is 2.41. The number of hydrogen-bond acceptors (Lipinski definition) is 6. The largest absolute Gasteiger partial charge is 0.454 e. The second-order valence-electron chi connectivity index (χ2n) is 5.26. The summed E-state index contributed by atoms with van der Waals surface area (Å²) in [6, 6.07) is 6.44. The molecular weight excluding hydrogens is 270 g/mol. The molecule has 1 aliphatic rings. The molecule has 2 aromatic rings. The van der Waals surface area contributed by atoms with Crippen molar-refractivity contribution in [1.82, 2.24) is 9.88 Å². The molecule has 6 heteroatoms. The molecule has 1 N–H and O–H groups in total. The van der Waals surface area contributed by atoms with Crippen LogP contribution in [-0.2, 0) is 6.42 Å². The molecule has 0 amide bonds. The van der Waals surface area contributed by atoms with Gasteiger partial charge in [-0.2, -0.15) is 4.98 Å². The van der Waals surface area contributed by atoms with Crippen molar-refractivity contribution in [1.29, 1.82) is 0 Å². The van der Waals surface area contributed by atoms with Crippen LogP contribution in [0, 0.1) is 0 Å². The maximum absolute atomic E-state index is 5.43. The van der Waals surface area contributed by atoms with E-state index in [-0.39, 0.29) is 0 Å². The SMILES string of the molecule is CN(C)C(CNc1cocn1)Cc1ccc2c(c1)OCO2. The molecule has 0 saturated carbocycles. The number of hydrogen-bond donors (Lipinski definition) is 1. The average Bonchev–Trinajstić information content (AvgIpc) is 3.13. The normalized spacial score (nSPS) is 14.4. The lowest BCUT2D eigenvalue weighted by Gasteiger charge is -2.24. The number of aromatic nitrogens is 1. The number of rotatable bonds is 6. The number of nitrogens with zero attached hydrogens (tertiary/aromatic N) is 2. The minimum absolute atomic E-state index is 0.309. The molecule has 0 radical (unpaired) electrons. The number of anilines is 1. The van der Waals surface area contributed by atoms with E-state index in [0.29, 0.717) is 12.8 Å². The molecule has 0 saturated heterocycles. The van der Waals surface area contributed by atoms with Gasteiger partial charge in [0, 0.05) is 12.6 Å². The van der Waals surface area contributed by atoms with Crippen LogP contribution in [0.4, 0.5) is 5.82 Å². The van der Waals surface area contributed by atoms with Crippen LogP contribution in [0.1, 0.15) is 5.56 Å². The Labute approximate surface area is 123 Å². The van der Waals surface area contributed by atoms with Crippen LogP contribution in [0.5, 0.6) is 11.5 Å². The van der Waals surface area contributed by atoms with Crippen LogP contribution in [0.25, 0.3) is 0 Å². The summed E-state index contributed by atoms with van der Waals surface area (Å²) < 4.78 is 15.7. The lowest BCUT2D eigenvalue weighted by Crippen LogP contribution is -2.36. The van der Waals surface area contributed by atoms with Gasteiger partial charge >= 0.3 is 0 Å². The molecule has 1 aromatic carbocycles. The molecule has 6 nitrogen and oxygen atoms in total. The van der Waals surface area contributed by atoms with Crippen molar-refractivity contribution < 1.29 is 13.9 Å². The maximum Gasteiger partial charge on any atom is 0.231 e. The number of oxazole rings is 1. The summed E-state index contributed by atoms with van der Waals surface area (Å²) >= 11 is 0. The number of ether oxygens (including phenoxy) is 2. The summed E-state index contributed by atoms with van der Waals surface area (Å²) in [7, 11) is 4.14. The highest BCUT2D eigenvalue weighted by molar-refractivity contribution is 5.44. The van der Waals surface area contributed by atoms with Gasteiger partial charge in [0.05, 0.1) is 0 Å². The summed E-state index contributed by atoms with van der Waals surface area (Å²) in [5, 5.41) is 3.28. The van der Waals surface area contributed by atoms with Crippen LogP contribution >= 0.6 is 0 Å². The van der Waals surface area contributed by atoms with Gasteiger partial charge in [0.1, 0.15) is 6.26 Å². The predicted octanol–water partition coefficient (Wildman–Crippen LogP) is 1.99. The Morgan fingerprint density at radius 1 is 1.29 bits per heavy atom. The van der Waals surface area contributed by atoms with Crippen LogP contribution in [0.15, 0.2) is 35.3 Å². The van der Waals surface area contributed by atoms with Gasteiger partial charge in [-0.05, 0) is 38.2 Å². The second-order valence-corrected chi connectivity index (χ2v) is 5.26. The third-order valence-electron chi connectivity index (χ3n) is 3.59. The summed E-state index contributed by atoms with van der Waals surface area (Å²) in [5.41, 5.74) is 1.22. The first kappa shape index (κ1) is 13.8. The van der Waals surface area contributed by atoms with Gasteiger partial charge in [0.25, 0.3) is 0 Å².